The zero-order valence-electron chi connectivity index (χ0n) is 14.2. The normalized spacial score (nSPS) is 16.3. The summed E-state index contributed by atoms with van der Waals surface area (Å²) in [4.78, 5) is 12.4. The van der Waals surface area contributed by atoms with Crippen LogP contribution in [0.4, 0.5) is 14.5 Å². The van der Waals surface area contributed by atoms with Crippen LogP contribution in [0.1, 0.15) is 12.8 Å². The van der Waals surface area contributed by atoms with Crippen molar-refractivity contribution in [2.24, 2.45) is 5.92 Å². The maximum absolute atomic E-state index is 13.9. The molecule has 3 rings (SSSR count). The Morgan fingerprint density at radius 3 is 2.33 bits per heavy atom. The molecule has 1 N–H and O–H groups in total. The van der Waals surface area contributed by atoms with Gasteiger partial charge in [-0.25, -0.2) is 17.2 Å². The summed E-state index contributed by atoms with van der Waals surface area (Å²) in [5.41, 5.74) is -0.00568. The van der Waals surface area contributed by atoms with Crippen LogP contribution in [-0.4, -0.2) is 31.7 Å². The zero-order valence-corrected chi connectivity index (χ0v) is 15.7. The maximum atomic E-state index is 13.9. The fourth-order valence-electron chi connectivity index (χ4n) is 2.95. The third-order valence-corrected chi connectivity index (χ3v) is 6.69. The highest BCUT2D eigenvalue weighted by molar-refractivity contribution is 7.89. The van der Waals surface area contributed by atoms with Crippen LogP contribution in [-0.2, 0) is 14.8 Å². The van der Waals surface area contributed by atoms with Crippen LogP contribution in [0.3, 0.4) is 0 Å². The quantitative estimate of drug-likeness (QED) is 0.830. The second-order valence-electron chi connectivity index (χ2n) is 6.22. The number of carbonyl (C=O) groups is 1. The van der Waals surface area contributed by atoms with Gasteiger partial charge in [-0.15, -0.1) is 0 Å². The number of anilines is 1. The Morgan fingerprint density at radius 1 is 1.07 bits per heavy atom. The van der Waals surface area contributed by atoms with Crippen LogP contribution >= 0.6 is 11.6 Å². The Morgan fingerprint density at radius 2 is 1.70 bits per heavy atom. The second kappa shape index (κ2) is 7.92. The average Bonchev–Trinajstić information content (AvgIpc) is 2.66. The third-order valence-electron chi connectivity index (χ3n) is 4.49. The molecule has 0 saturated carbocycles. The Labute approximate surface area is 161 Å². The predicted molar refractivity (Wildman–Crippen MR) is 97.9 cm³/mol. The van der Waals surface area contributed by atoms with Crippen molar-refractivity contribution in [3.05, 3.63) is 59.1 Å². The molecule has 1 fully saturated rings. The molecule has 0 spiro atoms. The Bertz CT molecular complexity index is 944. The molecule has 144 valence electrons. The molecule has 27 heavy (non-hydrogen) atoms. The van der Waals surface area contributed by atoms with Crippen molar-refractivity contribution in [1.29, 1.82) is 0 Å². The van der Waals surface area contributed by atoms with Crippen molar-refractivity contribution >= 4 is 33.2 Å². The molecule has 0 atom stereocenters. The molecule has 0 bridgehead atoms. The van der Waals surface area contributed by atoms with Gasteiger partial charge in [-0.2, -0.15) is 4.31 Å². The molecule has 0 unspecified atom stereocenters. The van der Waals surface area contributed by atoms with Crippen molar-refractivity contribution < 1.29 is 22.0 Å². The van der Waals surface area contributed by atoms with E-state index in [2.05, 4.69) is 5.32 Å². The minimum Gasteiger partial charge on any atom is -0.323 e. The monoisotopic (exact) mass is 414 g/mol. The van der Waals surface area contributed by atoms with E-state index in [0.717, 1.165) is 12.1 Å². The molecule has 2 aromatic carbocycles. The van der Waals surface area contributed by atoms with E-state index >= 15 is 0 Å². The summed E-state index contributed by atoms with van der Waals surface area (Å²) >= 11 is 5.70. The molecular formula is C18H17ClF2N2O3S. The van der Waals surface area contributed by atoms with E-state index in [0.29, 0.717) is 12.8 Å². The summed E-state index contributed by atoms with van der Waals surface area (Å²) < 4.78 is 53.3. The maximum Gasteiger partial charge on any atom is 0.243 e. The Kier molecular flexibility index (Phi) is 5.78. The number of benzene rings is 2. The third kappa shape index (κ3) is 4.28. The standard InChI is InChI=1S/C18H17ClF2N2O3S/c19-15-2-1-3-16(17(15)21)22-18(24)12-8-10-23(11-9-12)27(25,26)14-6-4-13(20)5-7-14/h1-7,12H,8-11H2,(H,22,24). The van der Waals surface area contributed by atoms with Crippen molar-refractivity contribution in [2.45, 2.75) is 17.7 Å². The number of sulfonamides is 1. The summed E-state index contributed by atoms with van der Waals surface area (Å²) in [5.74, 6) is -2.04. The lowest BCUT2D eigenvalue weighted by molar-refractivity contribution is -0.120. The molecule has 2 aromatic rings. The molecule has 1 aliphatic rings. The van der Waals surface area contributed by atoms with Crippen LogP contribution in [0, 0.1) is 17.6 Å². The number of hydrogen-bond acceptors (Lipinski definition) is 3. The minimum atomic E-state index is -3.74. The second-order valence-corrected chi connectivity index (χ2v) is 8.57. The van der Waals surface area contributed by atoms with E-state index in [1.165, 1.54) is 34.6 Å². The summed E-state index contributed by atoms with van der Waals surface area (Å²) in [6, 6.07) is 8.92. The number of amides is 1. The van der Waals surface area contributed by atoms with Gasteiger partial charge < -0.3 is 5.32 Å². The fraction of sp³-hybridized carbons (Fsp3) is 0.278. The van der Waals surface area contributed by atoms with Gasteiger partial charge in [-0.1, -0.05) is 17.7 Å². The van der Waals surface area contributed by atoms with Crippen LogP contribution in [0.15, 0.2) is 47.4 Å². The number of hydrogen-bond donors (Lipinski definition) is 1. The summed E-state index contributed by atoms with van der Waals surface area (Å²) in [7, 11) is -3.74. The largest absolute Gasteiger partial charge is 0.323 e. The first-order valence-electron chi connectivity index (χ1n) is 8.29. The van der Waals surface area contributed by atoms with Crippen LogP contribution in [0.2, 0.25) is 5.02 Å². The molecule has 9 heteroatoms. The smallest absolute Gasteiger partial charge is 0.243 e. The van der Waals surface area contributed by atoms with E-state index in [-0.39, 0.29) is 34.6 Å². The fourth-order valence-corrected chi connectivity index (χ4v) is 4.59. The first-order chi connectivity index (χ1) is 12.8. The number of nitrogens with zero attached hydrogens (tertiary/aromatic N) is 1. The lowest BCUT2D eigenvalue weighted by atomic mass is 9.97. The molecule has 0 aliphatic carbocycles. The first-order valence-corrected chi connectivity index (χ1v) is 10.1. The number of piperidine rings is 1. The van der Waals surface area contributed by atoms with Gasteiger partial charge in [0, 0.05) is 19.0 Å². The molecule has 1 heterocycles. The molecule has 0 radical (unpaired) electrons. The lowest BCUT2D eigenvalue weighted by Crippen LogP contribution is -2.41. The van der Waals surface area contributed by atoms with Gasteiger partial charge in [0.1, 0.15) is 5.82 Å². The summed E-state index contributed by atoms with van der Waals surface area (Å²) in [6.45, 7) is 0.297. The Balaban J connectivity index is 1.63. The number of nitrogens with one attached hydrogen (secondary N) is 1. The van der Waals surface area contributed by atoms with E-state index in [4.69, 9.17) is 11.6 Å². The van der Waals surface area contributed by atoms with Crippen molar-refractivity contribution in [3.63, 3.8) is 0 Å². The van der Waals surface area contributed by atoms with Gasteiger partial charge in [0.2, 0.25) is 15.9 Å². The van der Waals surface area contributed by atoms with Crippen molar-refractivity contribution in [1.82, 2.24) is 4.31 Å². The van der Waals surface area contributed by atoms with Crippen LogP contribution in [0.5, 0.6) is 0 Å². The predicted octanol–water partition coefficient (Wildman–Crippen LogP) is 3.66. The molecule has 1 aliphatic heterocycles. The highest BCUT2D eigenvalue weighted by Gasteiger charge is 2.32. The van der Waals surface area contributed by atoms with Gasteiger partial charge in [0.25, 0.3) is 0 Å². The van der Waals surface area contributed by atoms with Crippen molar-refractivity contribution in [3.8, 4) is 0 Å². The lowest BCUT2D eigenvalue weighted by Gasteiger charge is -2.30. The molecule has 5 nitrogen and oxygen atoms in total. The van der Waals surface area contributed by atoms with Gasteiger partial charge in [-0.05, 0) is 49.2 Å². The van der Waals surface area contributed by atoms with Gasteiger partial charge in [-0.3, -0.25) is 4.79 Å². The first kappa shape index (κ1) is 19.7. The van der Waals surface area contributed by atoms with Gasteiger partial charge >= 0.3 is 0 Å². The van der Waals surface area contributed by atoms with E-state index in [1.54, 1.807) is 0 Å². The molecule has 1 saturated heterocycles. The van der Waals surface area contributed by atoms with E-state index in [1.807, 2.05) is 0 Å². The number of carbonyl (C=O) groups excluding carboxylic acids is 1. The topological polar surface area (TPSA) is 66.5 Å². The van der Waals surface area contributed by atoms with E-state index in [9.17, 15) is 22.0 Å². The highest BCUT2D eigenvalue weighted by atomic mass is 35.5. The summed E-state index contributed by atoms with van der Waals surface area (Å²) in [5, 5.41) is 2.41. The highest BCUT2D eigenvalue weighted by Crippen LogP contribution is 2.27. The molecule has 1 amide bonds. The SMILES string of the molecule is O=C(Nc1cccc(Cl)c1F)C1CCN(S(=O)(=O)c2ccc(F)cc2)CC1. The zero-order chi connectivity index (χ0) is 19.6. The van der Waals surface area contributed by atoms with Gasteiger partial charge in [0.05, 0.1) is 15.6 Å². The van der Waals surface area contributed by atoms with Crippen molar-refractivity contribution in [2.75, 3.05) is 18.4 Å². The minimum absolute atomic E-state index is 0.00568. The molecular weight excluding hydrogens is 398 g/mol. The van der Waals surface area contributed by atoms with Crippen LogP contribution in [0.25, 0.3) is 0 Å². The number of rotatable bonds is 4. The van der Waals surface area contributed by atoms with Crippen LogP contribution < -0.4 is 5.32 Å². The average molecular weight is 415 g/mol. The summed E-state index contributed by atoms with van der Waals surface area (Å²) in [6.07, 6.45) is 0.600. The molecule has 0 aromatic heterocycles. The Hall–Kier alpha value is -2.03. The van der Waals surface area contributed by atoms with E-state index < -0.39 is 27.6 Å². The number of halogens is 3. The van der Waals surface area contributed by atoms with Gasteiger partial charge in [0.15, 0.2) is 5.82 Å².